The second-order valence-electron chi connectivity index (χ2n) is 17.0. The van der Waals surface area contributed by atoms with E-state index in [2.05, 4.69) is 29.8 Å². The lowest BCUT2D eigenvalue weighted by molar-refractivity contribution is -0.157. The Balaban J connectivity index is 1.23. The van der Waals surface area contributed by atoms with Crippen molar-refractivity contribution in [2.24, 2.45) is 17.8 Å². The number of likely N-dealkylation sites (tertiary alicyclic amines) is 1. The summed E-state index contributed by atoms with van der Waals surface area (Å²) in [6.07, 6.45) is 18.4. The molecule has 0 aromatic heterocycles. The number of carbonyl (C=O) groups excluding carboxylic acids is 2. The Kier molecular flexibility index (Phi) is 9.93. The van der Waals surface area contributed by atoms with Gasteiger partial charge in [0, 0.05) is 44.7 Å². The third-order valence-electron chi connectivity index (χ3n) is 14.5. The molecule has 7 rings (SSSR count). The van der Waals surface area contributed by atoms with Gasteiger partial charge in [0.2, 0.25) is 0 Å². The minimum atomic E-state index is -1.95. The van der Waals surface area contributed by atoms with Gasteiger partial charge in [-0.15, -0.1) is 0 Å². The number of carbonyl (C=O) groups is 2. The zero-order valence-electron chi connectivity index (χ0n) is 29.7. The Bertz CT molecular complexity index is 1190. The van der Waals surface area contributed by atoms with Crippen LogP contribution in [0.3, 0.4) is 0 Å². The summed E-state index contributed by atoms with van der Waals surface area (Å²) in [5, 5.41) is 10.4. The first kappa shape index (κ1) is 34.0. The fraction of sp³-hybridized carbons (Fsp3) is 0.895. The second-order valence-corrected chi connectivity index (χ2v) is 22.2. The summed E-state index contributed by atoms with van der Waals surface area (Å²) < 4.78 is 19.1. The highest BCUT2D eigenvalue weighted by Gasteiger charge is 2.71. The van der Waals surface area contributed by atoms with Gasteiger partial charge < -0.3 is 29.1 Å². The molecule has 4 aliphatic carbocycles. The van der Waals surface area contributed by atoms with Gasteiger partial charge >= 0.3 is 0 Å². The topological polar surface area (TPSA) is 88.5 Å². The molecule has 1 N–H and O–H groups in total. The van der Waals surface area contributed by atoms with E-state index in [-0.39, 0.29) is 55.1 Å². The molecular weight excluding hydrogens is 609 g/mol. The Morgan fingerprint density at radius 1 is 0.957 bits per heavy atom. The van der Waals surface area contributed by atoms with Crippen LogP contribution in [-0.2, 0) is 23.8 Å². The Hall–Kier alpha value is -1.42. The molecule has 1 spiro atoms. The predicted molar refractivity (Wildman–Crippen MR) is 184 cm³/mol. The van der Waals surface area contributed by atoms with Crippen molar-refractivity contribution in [3.63, 3.8) is 0 Å². The zero-order valence-corrected chi connectivity index (χ0v) is 30.7. The van der Waals surface area contributed by atoms with Crippen molar-refractivity contribution in [3.05, 3.63) is 11.5 Å². The predicted octanol–water partition coefficient (Wildman–Crippen LogP) is 6.78. The zero-order chi connectivity index (χ0) is 32.9. The van der Waals surface area contributed by atoms with Crippen LogP contribution in [0.15, 0.2) is 11.5 Å². The van der Waals surface area contributed by atoms with Gasteiger partial charge in [0.1, 0.15) is 5.76 Å². The molecule has 3 saturated carbocycles. The number of allylic oxidation sites excluding steroid dienone is 2. The van der Waals surface area contributed by atoms with Crippen LogP contribution in [0.4, 0.5) is 0 Å². The number of fused-ring (bicyclic) bond motifs is 2. The maximum absolute atomic E-state index is 15.3. The molecule has 0 aromatic carbocycles. The number of nitrogens with zero attached hydrogens (tertiary/aromatic N) is 2. The van der Waals surface area contributed by atoms with Gasteiger partial charge in [0.05, 0.1) is 26.0 Å². The van der Waals surface area contributed by atoms with Gasteiger partial charge in [-0.05, 0) is 93.5 Å². The van der Waals surface area contributed by atoms with E-state index in [4.69, 9.17) is 14.2 Å². The molecule has 3 heterocycles. The summed E-state index contributed by atoms with van der Waals surface area (Å²) in [6, 6.07) is 0.241. The first-order chi connectivity index (χ1) is 22.7. The van der Waals surface area contributed by atoms with Gasteiger partial charge in [0.15, 0.2) is 12.2 Å². The molecule has 9 heteroatoms. The van der Waals surface area contributed by atoms with Gasteiger partial charge in [-0.1, -0.05) is 52.1 Å². The van der Waals surface area contributed by atoms with Gasteiger partial charge in [-0.3, -0.25) is 9.59 Å². The van der Waals surface area contributed by atoms with Crippen molar-refractivity contribution in [2.75, 3.05) is 26.9 Å². The van der Waals surface area contributed by atoms with Crippen LogP contribution >= 0.6 is 0 Å². The largest absolute Gasteiger partial charge is 0.486 e. The molecule has 3 aliphatic heterocycles. The van der Waals surface area contributed by atoms with E-state index in [1.165, 1.54) is 44.9 Å². The highest BCUT2D eigenvalue weighted by Crippen LogP contribution is 2.62. The van der Waals surface area contributed by atoms with E-state index in [1.54, 1.807) is 0 Å². The number of hydrogen-bond donors (Lipinski definition) is 1. The summed E-state index contributed by atoms with van der Waals surface area (Å²) >= 11 is 0. The second kappa shape index (κ2) is 13.7. The minimum absolute atomic E-state index is 0.0517. The molecule has 2 amide bonds. The van der Waals surface area contributed by atoms with E-state index in [1.807, 2.05) is 7.11 Å². The molecule has 0 bridgehead atoms. The highest BCUT2D eigenvalue weighted by molar-refractivity contribution is 6.80. The van der Waals surface area contributed by atoms with Crippen LogP contribution in [0.25, 0.3) is 0 Å². The van der Waals surface area contributed by atoms with E-state index >= 15 is 4.79 Å². The lowest BCUT2D eigenvalue weighted by Crippen LogP contribution is -2.54. The van der Waals surface area contributed by atoms with Gasteiger partial charge in [-0.25, -0.2) is 0 Å². The number of ether oxygens (including phenoxy) is 3. The Labute approximate surface area is 284 Å². The molecule has 7 atom stereocenters. The van der Waals surface area contributed by atoms with E-state index in [9.17, 15) is 9.90 Å². The van der Waals surface area contributed by atoms with Crippen molar-refractivity contribution < 1.29 is 28.9 Å². The molecule has 0 radical (unpaired) electrons. The molecule has 7 aliphatic rings. The number of rotatable bonds is 8. The SMILES string of the molecule is COC1CCC([Si](C)(C)[C@H]2[C@H](CCO)O[C@@]3(C(=O)N(CC4CCCCC4)C4CCC(N5C(=O)COC6=C5CCCC6)CC43)[C@@H]2C)CC1. The average molecular weight is 671 g/mol. The van der Waals surface area contributed by atoms with Gasteiger partial charge in [-0.2, -0.15) is 0 Å². The van der Waals surface area contributed by atoms with Crippen LogP contribution in [0.5, 0.6) is 0 Å². The fourth-order valence-electron chi connectivity index (χ4n) is 12.2. The van der Waals surface area contributed by atoms with E-state index < -0.39 is 13.7 Å². The third-order valence-corrected chi connectivity index (χ3v) is 19.8. The van der Waals surface area contributed by atoms with E-state index in [0.717, 1.165) is 75.8 Å². The molecule has 264 valence electrons. The third kappa shape index (κ3) is 5.85. The summed E-state index contributed by atoms with van der Waals surface area (Å²) in [5.41, 5.74) is 1.20. The number of aliphatic hydroxyl groups excluding tert-OH is 1. The summed E-state index contributed by atoms with van der Waals surface area (Å²) in [7, 11) is -0.110. The van der Waals surface area contributed by atoms with Crippen LogP contribution < -0.4 is 0 Å². The van der Waals surface area contributed by atoms with Crippen molar-refractivity contribution in [1.82, 2.24) is 9.80 Å². The van der Waals surface area contributed by atoms with E-state index in [0.29, 0.717) is 29.5 Å². The van der Waals surface area contributed by atoms with Crippen molar-refractivity contribution in [3.8, 4) is 0 Å². The average Bonchev–Trinajstić information content (AvgIpc) is 3.51. The molecule has 2 saturated heterocycles. The number of amides is 2. The lowest BCUT2D eigenvalue weighted by atomic mass is 9.69. The number of aliphatic hydroxyl groups is 1. The summed E-state index contributed by atoms with van der Waals surface area (Å²) in [4.78, 5) is 33.3. The maximum Gasteiger partial charge on any atom is 0.265 e. The Morgan fingerprint density at radius 2 is 1.70 bits per heavy atom. The van der Waals surface area contributed by atoms with Crippen molar-refractivity contribution in [1.29, 1.82) is 0 Å². The molecule has 0 aromatic rings. The number of hydrogen-bond acceptors (Lipinski definition) is 6. The minimum Gasteiger partial charge on any atom is -0.486 e. The van der Waals surface area contributed by atoms with Crippen LogP contribution in [0.1, 0.15) is 116 Å². The number of methoxy groups -OCH3 is 1. The standard InChI is InChI=1S/C38H62N2O6Si/c1-25-36(47(3,4)29-17-15-28(44-2)16-18-29)34(20-21-41)46-38(25)30-22-27(40-32-12-8-9-13-33(32)45-24-35(40)42)14-19-31(30)39(37(38)43)23-26-10-6-5-7-11-26/h25-31,34,36,41H,5-24H2,1-4H3/t25-,27?,28?,29?,30?,31?,34+,36-,38+/m1/s1. The quantitative estimate of drug-likeness (QED) is 0.287. The van der Waals surface area contributed by atoms with Crippen LogP contribution in [0, 0.1) is 17.8 Å². The summed E-state index contributed by atoms with van der Waals surface area (Å²) in [5.74, 6) is 2.05. The van der Waals surface area contributed by atoms with Crippen molar-refractivity contribution >= 4 is 19.9 Å². The van der Waals surface area contributed by atoms with Crippen LogP contribution in [-0.4, -0.2) is 91.6 Å². The Morgan fingerprint density at radius 3 is 2.43 bits per heavy atom. The lowest BCUT2D eigenvalue weighted by Gasteiger charge is -2.47. The molecular formula is C38H62N2O6Si. The molecule has 47 heavy (non-hydrogen) atoms. The molecule has 3 unspecified atom stereocenters. The van der Waals surface area contributed by atoms with Crippen LogP contribution in [0.2, 0.25) is 24.2 Å². The fourth-order valence-corrected chi connectivity index (χ4v) is 17.3. The summed E-state index contributed by atoms with van der Waals surface area (Å²) in [6.45, 7) is 8.54. The van der Waals surface area contributed by atoms with Crippen molar-refractivity contribution in [2.45, 2.75) is 170 Å². The first-order valence-electron chi connectivity index (χ1n) is 19.5. The first-order valence-corrected chi connectivity index (χ1v) is 22.7. The monoisotopic (exact) mass is 670 g/mol. The molecule has 5 fully saturated rings. The highest BCUT2D eigenvalue weighted by atomic mass is 28.3. The maximum atomic E-state index is 15.3. The smallest absolute Gasteiger partial charge is 0.265 e. The normalized spacial score (nSPS) is 40.2. The van der Waals surface area contributed by atoms with Gasteiger partial charge in [0.25, 0.3) is 11.8 Å². The molecule has 8 nitrogen and oxygen atoms in total.